The van der Waals surface area contributed by atoms with Gasteiger partial charge in [-0.05, 0) is 39.7 Å². The van der Waals surface area contributed by atoms with Crippen molar-refractivity contribution in [3.05, 3.63) is 61.1 Å². The molecule has 0 atom stereocenters. The van der Waals surface area contributed by atoms with E-state index in [1.807, 2.05) is 0 Å². The van der Waals surface area contributed by atoms with Gasteiger partial charge in [-0.25, -0.2) is 4.98 Å². The summed E-state index contributed by atoms with van der Waals surface area (Å²) in [6, 6.07) is 6.75. The van der Waals surface area contributed by atoms with Gasteiger partial charge < -0.3 is 0 Å². The largest absolute Gasteiger partial charge is 0.255 e. The van der Waals surface area contributed by atoms with E-state index in [1.54, 1.807) is 24.3 Å². The number of azide groups is 1. The minimum absolute atomic E-state index is 0.362. The van der Waals surface area contributed by atoms with Crippen molar-refractivity contribution >= 4 is 56.7 Å². The highest BCUT2D eigenvalue weighted by Crippen LogP contribution is 2.32. The van der Waals surface area contributed by atoms with Gasteiger partial charge in [0, 0.05) is 22.9 Å². The number of aromatic nitrogens is 1. The van der Waals surface area contributed by atoms with Crippen LogP contribution in [0.15, 0.2) is 45.2 Å². The SMILES string of the molecule is [N-]=[N+]=Nc1cc(Br)ncc1C=Nc1cccc(Cl)c1Cl. The molecule has 0 bridgehead atoms. The van der Waals surface area contributed by atoms with Crippen LogP contribution in [-0.2, 0) is 0 Å². The van der Waals surface area contributed by atoms with Crippen LogP contribution >= 0.6 is 39.1 Å². The van der Waals surface area contributed by atoms with Crippen molar-refractivity contribution in [3.63, 3.8) is 0 Å². The van der Waals surface area contributed by atoms with Gasteiger partial charge in [-0.2, -0.15) is 0 Å². The van der Waals surface area contributed by atoms with E-state index in [2.05, 4.69) is 35.9 Å². The van der Waals surface area contributed by atoms with E-state index in [0.29, 0.717) is 31.6 Å². The maximum Gasteiger partial charge on any atom is 0.106 e. The fourth-order valence-corrected chi connectivity index (χ4v) is 2.06. The van der Waals surface area contributed by atoms with Crippen LogP contribution in [0.3, 0.4) is 0 Å². The monoisotopic (exact) mass is 369 g/mol. The Morgan fingerprint density at radius 1 is 1.30 bits per heavy atom. The Balaban J connectivity index is 2.41. The lowest BCUT2D eigenvalue weighted by Gasteiger charge is -2.01. The Bertz CT molecular complexity index is 726. The quantitative estimate of drug-likeness (QED) is 0.220. The highest BCUT2D eigenvalue weighted by atomic mass is 79.9. The van der Waals surface area contributed by atoms with Crippen molar-refractivity contribution < 1.29 is 0 Å². The van der Waals surface area contributed by atoms with Gasteiger partial charge in [0.1, 0.15) is 4.60 Å². The molecule has 0 aliphatic carbocycles. The van der Waals surface area contributed by atoms with E-state index in [4.69, 9.17) is 28.7 Å². The number of pyridine rings is 1. The van der Waals surface area contributed by atoms with Crippen LogP contribution in [0.2, 0.25) is 10.0 Å². The topological polar surface area (TPSA) is 74.0 Å². The summed E-state index contributed by atoms with van der Waals surface area (Å²) in [6.45, 7) is 0. The molecule has 0 fully saturated rings. The van der Waals surface area contributed by atoms with Crippen molar-refractivity contribution in [1.82, 2.24) is 4.98 Å². The average molecular weight is 371 g/mol. The standard InChI is InChI=1S/C12H6BrCl2N5/c13-11-4-10(19-20-16)7(6-18-11)5-17-9-3-1-2-8(14)12(9)15/h1-6H. The predicted octanol–water partition coefficient (Wildman–Crippen LogP) is 5.84. The molecule has 1 aromatic heterocycles. The molecular formula is C12H6BrCl2N5. The molecule has 2 rings (SSSR count). The maximum absolute atomic E-state index is 8.54. The predicted molar refractivity (Wildman–Crippen MR) is 84.5 cm³/mol. The molecule has 5 nitrogen and oxygen atoms in total. The van der Waals surface area contributed by atoms with Crippen molar-refractivity contribution in [1.29, 1.82) is 0 Å². The lowest BCUT2D eigenvalue weighted by molar-refractivity contribution is 1.25. The molecule has 1 heterocycles. The molecule has 0 amide bonds. The summed E-state index contributed by atoms with van der Waals surface area (Å²) >= 11 is 15.1. The summed E-state index contributed by atoms with van der Waals surface area (Å²) in [6.07, 6.45) is 3.05. The summed E-state index contributed by atoms with van der Waals surface area (Å²) < 4.78 is 0.567. The number of halogens is 3. The first-order valence-electron chi connectivity index (χ1n) is 5.30. The average Bonchev–Trinajstić information content (AvgIpc) is 2.42. The third kappa shape index (κ3) is 3.49. The van der Waals surface area contributed by atoms with Gasteiger partial charge in [0.15, 0.2) is 0 Å². The van der Waals surface area contributed by atoms with Gasteiger partial charge in [0.05, 0.1) is 21.4 Å². The first-order valence-corrected chi connectivity index (χ1v) is 6.85. The second-order valence-corrected chi connectivity index (χ2v) is 5.18. The molecular weight excluding hydrogens is 365 g/mol. The molecule has 0 saturated heterocycles. The summed E-state index contributed by atoms with van der Waals surface area (Å²) in [4.78, 5) is 11.0. The molecule has 20 heavy (non-hydrogen) atoms. The van der Waals surface area contributed by atoms with Crippen LogP contribution in [-0.4, -0.2) is 11.2 Å². The Morgan fingerprint density at radius 3 is 2.85 bits per heavy atom. The molecule has 0 spiro atoms. The summed E-state index contributed by atoms with van der Waals surface area (Å²) in [5, 5.41) is 4.36. The second kappa shape index (κ2) is 6.72. The van der Waals surface area contributed by atoms with Gasteiger partial charge in [-0.1, -0.05) is 34.4 Å². The Kier molecular flexibility index (Phi) is 4.98. The van der Waals surface area contributed by atoms with Crippen LogP contribution in [0.4, 0.5) is 11.4 Å². The molecule has 0 saturated carbocycles. The molecule has 1 aromatic carbocycles. The number of nitrogens with zero attached hydrogens (tertiary/aromatic N) is 5. The zero-order valence-electron chi connectivity index (χ0n) is 9.83. The summed E-state index contributed by atoms with van der Waals surface area (Å²) in [7, 11) is 0. The molecule has 0 aliphatic rings. The van der Waals surface area contributed by atoms with E-state index < -0.39 is 0 Å². The van der Waals surface area contributed by atoms with Gasteiger partial charge in [-0.3, -0.25) is 4.99 Å². The maximum atomic E-state index is 8.54. The number of benzene rings is 1. The fraction of sp³-hybridized carbons (Fsp3) is 0. The van der Waals surface area contributed by atoms with E-state index in [0.717, 1.165) is 0 Å². The van der Waals surface area contributed by atoms with E-state index in [9.17, 15) is 0 Å². The fourth-order valence-electron chi connectivity index (χ4n) is 1.40. The summed E-state index contributed by atoms with van der Waals surface area (Å²) in [5.41, 5.74) is 10.0. The van der Waals surface area contributed by atoms with Crippen LogP contribution in [0, 0.1) is 0 Å². The van der Waals surface area contributed by atoms with Crippen LogP contribution < -0.4 is 0 Å². The minimum atomic E-state index is 0.362. The van der Waals surface area contributed by atoms with Gasteiger partial charge in [0.25, 0.3) is 0 Å². The minimum Gasteiger partial charge on any atom is -0.255 e. The highest BCUT2D eigenvalue weighted by Gasteiger charge is 2.04. The Labute approximate surface area is 133 Å². The van der Waals surface area contributed by atoms with Crippen LogP contribution in [0.25, 0.3) is 10.4 Å². The zero-order chi connectivity index (χ0) is 14.5. The number of hydrogen-bond donors (Lipinski definition) is 0. The number of rotatable bonds is 3. The van der Waals surface area contributed by atoms with E-state index in [1.165, 1.54) is 12.4 Å². The molecule has 0 unspecified atom stereocenters. The van der Waals surface area contributed by atoms with Gasteiger partial charge >= 0.3 is 0 Å². The lowest BCUT2D eigenvalue weighted by atomic mass is 10.2. The Morgan fingerprint density at radius 2 is 2.10 bits per heavy atom. The van der Waals surface area contributed by atoms with Crippen molar-refractivity contribution in [2.45, 2.75) is 0 Å². The molecule has 100 valence electrons. The molecule has 0 N–H and O–H groups in total. The highest BCUT2D eigenvalue weighted by molar-refractivity contribution is 9.10. The molecule has 2 aromatic rings. The third-order valence-corrected chi connectivity index (χ3v) is 3.55. The first kappa shape index (κ1) is 14.8. The van der Waals surface area contributed by atoms with Crippen LogP contribution in [0.5, 0.6) is 0 Å². The van der Waals surface area contributed by atoms with Crippen molar-refractivity contribution in [2.24, 2.45) is 10.1 Å². The van der Waals surface area contributed by atoms with E-state index in [-0.39, 0.29) is 0 Å². The zero-order valence-corrected chi connectivity index (χ0v) is 12.9. The van der Waals surface area contributed by atoms with Crippen LogP contribution in [0.1, 0.15) is 5.56 Å². The number of hydrogen-bond acceptors (Lipinski definition) is 3. The van der Waals surface area contributed by atoms with E-state index >= 15 is 0 Å². The molecule has 0 aliphatic heterocycles. The van der Waals surface area contributed by atoms with Crippen molar-refractivity contribution in [3.8, 4) is 0 Å². The lowest BCUT2D eigenvalue weighted by Crippen LogP contribution is -1.85. The summed E-state index contributed by atoms with van der Waals surface area (Å²) in [5.74, 6) is 0. The van der Waals surface area contributed by atoms with Gasteiger partial charge in [0.2, 0.25) is 0 Å². The second-order valence-electron chi connectivity index (χ2n) is 3.59. The molecule has 8 heteroatoms. The number of aliphatic imine (C=N–C) groups is 1. The first-order chi connectivity index (χ1) is 9.61. The third-order valence-electron chi connectivity index (χ3n) is 2.30. The van der Waals surface area contributed by atoms with Gasteiger partial charge in [-0.15, -0.1) is 0 Å². The smallest absolute Gasteiger partial charge is 0.106 e. The Hall–Kier alpha value is -1.59. The van der Waals surface area contributed by atoms with Crippen molar-refractivity contribution in [2.75, 3.05) is 0 Å². The molecule has 0 radical (unpaired) electrons. The normalized spacial score (nSPS) is 10.6.